The highest BCUT2D eigenvalue weighted by atomic mass is 16.4. The van der Waals surface area contributed by atoms with E-state index in [1.807, 2.05) is 0 Å². The van der Waals surface area contributed by atoms with Crippen molar-refractivity contribution in [1.29, 1.82) is 0 Å². The van der Waals surface area contributed by atoms with Crippen LogP contribution >= 0.6 is 0 Å². The number of aliphatic hydroxyl groups excluding tert-OH is 2. The van der Waals surface area contributed by atoms with Crippen molar-refractivity contribution in [2.45, 2.75) is 38.0 Å². The zero-order valence-corrected chi connectivity index (χ0v) is 17.0. The molecule has 1 aliphatic rings. The van der Waals surface area contributed by atoms with Crippen LogP contribution in [0.4, 0.5) is 0 Å². The van der Waals surface area contributed by atoms with E-state index in [1.54, 1.807) is 42.5 Å². The topological polar surface area (TPSA) is 127 Å². The van der Waals surface area contributed by atoms with Gasteiger partial charge in [-0.15, -0.1) is 0 Å². The van der Waals surface area contributed by atoms with Crippen LogP contribution in [0.2, 0.25) is 0 Å². The van der Waals surface area contributed by atoms with Crippen LogP contribution in [-0.2, 0) is 16.1 Å². The Morgan fingerprint density at radius 3 is 2.19 bits per heavy atom. The predicted octanol–water partition coefficient (Wildman–Crippen LogP) is 1.40. The second kappa shape index (κ2) is 10.2. The molecule has 2 atom stereocenters. The maximum atomic E-state index is 12.3. The minimum atomic E-state index is -1.85. The number of carboxylic acids is 1. The summed E-state index contributed by atoms with van der Waals surface area (Å²) in [7, 11) is 0. The molecule has 0 spiro atoms. The quantitative estimate of drug-likeness (QED) is 0.530. The van der Waals surface area contributed by atoms with Gasteiger partial charge in [-0.3, -0.25) is 9.59 Å². The second-order valence-corrected chi connectivity index (χ2v) is 7.54. The van der Waals surface area contributed by atoms with E-state index in [9.17, 15) is 29.7 Å². The number of carbonyl (C=O) groups is 3. The second-order valence-electron chi connectivity index (χ2n) is 7.54. The smallest absolute Gasteiger partial charge is 0.336 e. The summed E-state index contributed by atoms with van der Waals surface area (Å²) >= 11 is 0. The maximum Gasteiger partial charge on any atom is 0.336 e. The van der Waals surface area contributed by atoms with Gasteiger partial charge in [0.15, 0.2) is 12.2 Å². The van der Waals surface area contributed by atoms with Crippen LogP contribution < -0.4 is 5.32 Å². The highest BCUT2D eigenvalue weighted by Crippen LogP contribution is 2.24. The minimum absolute atomic E-state index is 0.0847. The number of aliphatic hydroxyl groups is 2. The summed E-state index contributed by atoms with van der Waals surface area (Å²) in [5, 5.41) is 32.0. The first kappa shape index (κ1) is 22.5. The summed E-state index contributed by atoms with van der Waals surface area (Å²) in [5.74, 6) is -2.49. The molecule has 0 aromatic heterocycles. The molecule has 4 N–H and O–H groups in total. The summed E-state index contributed by atoms with van der Waals surface area (Å²) in [6, 6.07) is 13.6. The fourth-order valence-electron chi connectivity index (χ4n) is 3.60. The Bertz CT molecular complexity index is 937. The number of nitrogens with one attached hydrogen (secondary N) is 1. The summed E-state index contributed by atoms with van der Waals surface area (Å²) in [6.07, 6.45) is -0.950. The molecule has 0 radical (unpaired) electrons. The number of likely N-dealkylation sites (tertiary alicyclic amines) is 1. The zero-order chi connectivity index (χ0) is 22.4. The number of rotatable bonds is 7. The predicted molar refractivity (Wildman–Crippen MR) is 113 cm³/mol. The third-order valence-corrected chi connectivity index (χ3v) is 5.38. The summed E-state index contributed by atoms with van der Waals surface area (Å²) < 4.78 is 0. The fraction of sp³-hybridized carbons (Fsp3) is 0.348. The van der Waals surface area contributed by atoms with Crippen molar-refractivity contribution in [1.82, 2.24) is 10.2 Å². The summed E-state index contributed by atoms with van der Waals surface area (Å²) in [6.45, 7) is 1.12. The van der Waals surface area contributed by atoms with Crippen LogP contribution in [-0.4, -0.2) is 63.3 Å². The molecule has 0 aliphatic carbocycles. The summed E-state index contributed by atoms with van der Waals surface area (Å²) in [4.78, 5) is 37.3. The molecule has 2 aromatic rings. The van der Waals surface area contributed by atoms with Crippen molar-refractivity contribution in [3.05, 3.63) is 59.7 Å². The van der Waals surface area contributed by atoms with Crippen molar-refractivity contribution in [3.63, 3.8) is 0 Å². The first-order valence-electron chi connectivity index (χ1n) is 10.2. The Morgan fingerprint density at radius 1 is 0.903 bits per heavy atom. The molecule has 3 rings (SSSR count). The van der Waals surface area contributed by atoms with Gasteiger partial charge in [0.2, 0.25) is 0 Å². The number of nitrogens with zero attached hydrogens (tertiary/aromatic N) is 1. The van der Waals surface area contributed by atoms with Gasteiger partial charge < -0.3 is 25.5 Å². The van der Waals surface area contributed by atoms with E-state index in [0.29, 0.717) is 24.2 Å². The number of benzene rings is 2. The minimum Gasteiger partial charge on any atom is -0.478 e. The molecule has 1 saturated heterocycles. The van der Waals surface area contributed by atoms with Crippen molar-refractivity contribution in [2.75, 3.05) is 13.1 Å². The van der Waals surface area contributed by atoms with Crippen LogP contribution in [0, 0.1) is 0 Å². The number of amides is 2. The molecular weight excluding hydrogens is 400 g/mol. The van der Waals surface area contributed by atoms with Gasteiger partial charge in [0.25, 0.3) is 11.8 Å². The van der Waals surface area contributed by atoms with Gasteiger partial charge in [-0.2, -0.15) is 0 Å². The molecular formula is C23H26N2O6. The molecule has 8 nitrogen and oxygen atoms in total. The molecule has 164 valence electrons. The Hall–Kier alpha value is -3.23. The van der Waals surface area contributed by atoms with E-state index in [2.05, 4.69) is 5.32 Å². The molecule has 2 unspecified atom stereocenters. The number of aromatic carboxylic acids is 1. The van der Waals surface area contributed by atoms with E-state index in [-0.39, 0.29) is 12.1 Å². The Kier molecular flexibility index (Phi) is 7.38. The monoisotopic (exact) mass is 426 g/mol. The van der Waals surface area contributed by atoms with Crippen molar-refractivity contribution >= 4 is 17.8 Å². The first-order valence-corrected chi connectivity index (χ1v) is 10.2. The lowest BCUT2D eigenvalue weighted by Gasteiger charge is -2.29. The Labute approximate surface area is 180 Å². The van der Waals surface area contributed by atoms with Gasteiger partial charge in [0, 0.05) is 19.6 Å². The number of carbonyl (C=O) groups excluding carboxylic acids is 2. The normalized spacial score (nSPS) is 15.7. The van der Waals surface area contributed by atoms with E-state index in [4.69, 9.17) is 0 Å². The molecule has 1 aliphatic heterocycles. The van der Waals surface area contributed by atoms with E-state index in [1.165, 1.54) is 11.0 Å². The Morgan fingerprint density at radius 2 is 1.55 bits per heavy atom. The van der Waals surface area contributed by atoms with E-state index >= 15 is 0 Å². The van der Waals surface area contributed by atoms with Gasteiger partial charge in [0.1, 0.15) is 0 Å². The average molecular weight is 426 g/mol. The van der Waals surface area contributed by atoms with Gasteiger partial charge in [-0.05, 0) is 42.0 Å². The van der Waals surface area contributed by atoms with Crippen LogP contribution in [0.15, 0.2) is 48.5 Å². The number of hydrogen-bond acceptors (Lipinski definition) is 5. The average Bonchev–Trinajstić information content (AvgIpc) is 2.82. The van der Waals surface area contributed by atoms with Gasteiger partial charge >= 0.3 is 5.97 Å². The van der Waals surface area contributed by atoms with Crippen LogP contribution in [0.3, 0.4) is 0 Å². The lowest BCUT2D eigenvalue weighted by molar-refractivity contribution is -0.153. The van der Waals surface area contributed by atoms with Crippen molar-refractivity contribution in [2.24, 2.45) is 0 Å². The summed E-state index contributed by atoms with van der Waals surface area (Å²) in [5.41, 5.74) is 2.21. The molecule has 0 saturated carbocycles. The van der Waals surface area contributed by atoms with Crippen LogP contribution in [0.1, 0.15) is 35.2 Å². The maximum absolute atomic E-state index is 12.3. The zero-order valence-electron chi connectivity index (χ0n) is 17.0. The van der Waals surface area contributed by atoms with Gasteiger partial charge in [0.05, 0.1) is 5.56 Å². The number of hydrogen-bond donors (Lipinski definition) is 4. The molecule has 2 aromatic carbocycles. The lowest BCUT2D eigenvalue weighted by Crippen LogP contribution is -2.51. The SMILES string of the molecule is O=C(O)c1ccccc1-c1ccc(CNC(=O)C(O)C(O)C(=O)N2CCCCC2)cc1. The van der Waals surface area contributed by atoms with E-state index in [0.717, 1.165) is 24.8 Å². The largest absolute Gasteiger partial charge is 0.478 e. The van der Waals surface area contributed by atoms with Crippen molar-refractivity contribution < 1.29 is 29.7 Å². The number of carboxylic acid groups (broad SMARTS) is 1. The third kappa shape index (κ3) is 5.48. The molecule has 2 amide bonds. The third-order valence-electron chi connectivity index (χ3n) is 5.38. The molecule has 31 heavy (non-hydrogen) atoms. The lowest BCUT2D eigenvalue weighted by atomic mass is 9.99. The highest BCUT2D eigenvalue weighted by Gasteiger charge is 2.33. The molecule has 1 heterocycles. The van der Waals surface area contributed by atoms with E-state index < -0.39 is 30.0 Å². The number of piperidine rings is 1. The van der Waals surface area contributed by atoms with Gasteiger partial charge in [-0.1, -0.05) is 42.5 Å². The molecule has 1 fully saturated rings. The molecule has 8 heteroatoms. The Balaban J connectivity index is 1.58. The first-order chi connectivity index (χ1) is 14.9. The molecule has 0 bridgehead atoms. The fourth-order valence-corrected chi connectivity index (χ4v) is 3.60. The van der Waals surface area contributed by atoms with Crippen LogP contribution in [0.25, 0.3) is 11.1 Å². The highest BCUT2D eigenvalue weighted by molar-refractivity contribution is 5.96. The van der Waals surface area contributed by atoms with Crippen molar-refractivity contribution in [3.8, 4) is 11.1 Å². The van der Waals surface area contributed by atoms with Gasteiger partial charge in [-0.25, -0.2) is 4.79 Å². The van der Waals surface area contributed by atoms with Crippen LogP contribution in [0.5, 0.6) is 0 Å². The standard InChI is InChI=1S/C23H26N2O6/c26-19(20(27)22(29)25-12-4-1-5-13-25)21(28)24-14-15-8-10-16(11-9-15)17-6-2-3-7-18(17)23(30)31/h2-3,6-11,19-20,26-27H,1,4-5,12-14H2,(H,24,28)(H,30,31).